The van der Waals surface area contributed by atoms with Crippen LogP contribution in [0.3, 0.4) is 0 Å². The Morgan fingerprint density at radius 3 is 2.71 bits per heavy atom. The van der Waals surface area contributed by atoms with Crippen LogP contribution in [0.25, 0.3) is 0 Å². The van der Waals surface area contributed by atoms with Crippen molar-refractivity contribution in [3.8, 4) is 0 Å². The van der Waals surface area contributed by atoms with Gasteiger partial charge in [0.1, 0.15) is 12.2 Å². The number of aromatic amines is 1. The highest BCUT2D eigenvalue weighted by molar-refractivity contribution is 8.13. The number of H-pyrrole nitrogens is 1. The summed E-state index contributed by atoms with van der Waals surface area (Å²) >= 11 is 0. The highest BCUT2D eigenvalue weighted by Crippen LogP contribution is 2.08. The van der Waals surface area contributed by atoms with Crippen LogP contribution in [0.5, 0.6) is 0 Å². The van der Waals surface area contributed by atoms with Crippen molar-refractivity contribution in [1.82, 2.24) is 24.3 Å². The minimum Gasteiger partial charge on any atom is -0.292 e. The predicted octanol–water partition coefficient (Wildman–Crippen LogP) is -0.486. The van der Waals surface area contributed by atoms with Crippen LogP contribution < -0.4 is 11.2 Å². The quantitative estimate of drug-likeness (QED) is 0.737. The summed E-state index contributed by atoms with van der Waals surface area (Å²) < 4.78 is 25.2. The Kier molecular flexibility index (Phi) is 4.28. The number of hydrogen-bond acceptors (Lipinski definition) is 6. The summed E-state index contributed by atoms with van der Waals surface area (Å²) in [7, 11) is 0.909. The smallest absolute Gasteiger partial charge is 0.292 e. The lowest BCUT2D eigenvalue weighted by atomic mass is 10.4. The van der Waals surface area contributed by atoms with Gasteiger partial charge < -0.3 is 0 Å². The van der Waals surface area contributed by atoms with Crippen LogP contribution in [-0.4, -0.2) is 32.7 Å². The zero-order valence-corrected chi connectivity index (χ0v) is 12.6. The lowest BCUT2D eigenvalue weighted by Crippen LogP contribution is -2.33. The van der Waals surface area contributed by atoms with Crippen LogP contribution in [0.2, 0.25) is 0 Å². The summed E-state index contributed by atoms with van der Waals surface area (Å²) in [5, 5.41) is 3.99. The molecule has 2 aromatic rings. The molecule has 0 atom stereocenters. The molecular weight excluding hydrogens is 322 g/mol. The van der Waals surface area contributed by atoms with Gasteiger partial charge in [-0.1, -0.05) is 6.92 Å². The first kappa shape index (κ1) is 15.4. The topological polar surface area (TPSA) is 120 Å². The van der Waals surface area contributed by atoms with Crippen LogP contribution in [-0.2, 0) is 22.1 Å². The van der Waals surface area contributed by atoms with Crippen molar-refractivity contribution in [2.75, 3.05) is 0 Å². The standard InChI is InChI=1S/C10H12ClN5O4S/c1-2-3-16-8(12-6-13-16)5-15-4-7(21(11,19)20)9(17)14-10(15)18/h4,6H,2-3,5H2,1H3,(H,14,17,18). The maximum Gasteiger partial charge on any atom is 0.328 e. The van der Waals surface area contributed by atoms with Crippen LogP contribution in [0, 0.1) is 0 Å². The highest BCUT2D eigenvalue weighted by Gasteiger charge is 2.18. The van der Waals surface area contributed by atoms with Gasteiger partial charge in [0, 0.05) is 23.4 Å². The highest BCUT2D eigenvalue weighted by atomic mass is 35.7. The molecule has 0 aromatic carbocycles. The molecule has 0 saturated carbocycles. The third kappa shape index (κ3) is 3.39. The second-order valence-corrected chi connectivity index (χ2v) is 6.75. The number of hydrogen-bond donors (Lipinski definition) is 1. The molecule has 2 heterocycles. The molecule has 9 nitrogen and oxygen atoms in total. The van der Waals surface area contributed by atoms with E-state index in [1.807, 2.05) is 11.9 Å². The van der Waals surface area contributed by atoms with Crippen LogP contribution in [0.4, 0.5) is 0 Å². The molecule has 0 amide bonds. The zero-order chi connectivity index (χ0) is 15.6. The number of halogens is 1. The summed E-state index contributed by atoms with van der Waals surface area (Å²) in [5.41, 5.74) is -1.81. The van der Waals surface area contributed by atoms with Gasteiger partial charge in [-0.05, 0) is 6.42 Å². The molecule has 0 aliphatic rings. The van der Waals surface area contributed by atoms with Gasteiger partial charge in [0.05, 0.1) is 6.54 Å². The van der Waals surface area contributed by atoms with Crippen molar-refractivity contribution in [2.24, 2.45) is 0 Å². The summed E-state index contributed by atoms with van der Waals surface area (Å²) in [6, 6.07) is 0. The average molecular weight is 334 g/mol. The molecule has 0 spiro atoms. The van der Waals surface area contributed by atoms with Gasteiger partial charge in [0.25, 0.3) is 14.6 Å². The summed E-state index contributed by atoms with van der Waals surface area (Å²) in [5.74, 6) is 0.462. The van der Waals surface area contributed by atoms with Crippen LogP contribution in [0.15, 0.2) is 27.0 Å². The number of aryl methyl sites for hydroxylation is 1. The third-order valence-electron chi connectivity index (χ3n) is 2.68. The van der Waals surface area contributed by atoms with Crippen molar-refractivity contribution < 1.29 is 8.42 Å². The lowest BCUT2D eigenvalue weighted by Gasteiger charge is -2.07. The van der Waals surface area contributed by atoms with E-state index in [2.05, 4.69) is 10.1 Å². The molecule has 0 radical (unpaired) electrons. The summed E-state index contributed by atoms with van der Waals surface area (Å²) in [4.78, 5) is 28.4. The monoisotopic (exact) mass is 333 g/mol. The van der Waals surface area contributed by atoms with Crippen LogP contribution >= 0.6 is 10.7 Å². The minimum absolute atomic E-state index is 0.0327. The molecule has 0 aliphatic heterocycles. The van der Waals surface area contributed by atoms with Gasteiger partial charge in [-0.25, -0.2) is 22.9 Å². The van der Waals surface area contributed by atoms with E-state index in [4.69, 9.17) is 10.7 Å². The first-order chi connectivity index (χ1) is 9.82. The van der Waals surface area contributed by atoms with Crippen molar-refractivity contribution in [3.05, 3.63) is 39.2 Å². The Balaban J connectivity index is 2.48. The number of aromatic nitrogens is 5. The van der Waals surface area contributed by atoms with Gasteiger partial charge in [0.2, 0.25) is 0 Å². The van der Waals surface area contributed by atoms with E-state index in [0.717, 1.165) is 17.2 Å². The van der Waals surface area contributed by atoms with Gasteiger partial charge in [-0.2, -0.15) is 5.10 Å². The first-order valence-corrected chi connectivity index (χ1v) is 8.29. The van der Waals surface area contributed by atoms with E-state index in [9.17, 15) is 18.0 Å². The number of nitrogens with one attached hydrogen (secondary N) is 1. The lowest BCUT2D eigenvalue weighted by molar-refractivity contribution is 0.543. The Morgan fingerprint density at radius 2 is 2.10 bits per heavy atom. The van der Waals surface area contributed by atoms with Gasteiger partial charge in [-0.3, -0.25) is 14.3 Å². The predicted molar refractivity (Wildman–Crippen MR) is 73.8 cm³/mol. The SMILES string of the molecule is CCCn1ncnc1Cn1cc(S(=O)(=O)Cl)c(=O)[nH]c1=O. The molecular formula is C10H12ClN5O4S. The Labute approximate surface area is 123 Å². The van der Waals surface area contributed by atoms with Gasteiger partial charge in [0.15, 0.2) is 4.90 Å². The number of nitrogens with zero attached hydrogens (tertiary/aromatic N) is 4. The fourth-order valence-electron chi connectivity index (χ4n) is 1.74. The zero-order valence-electron chi connectivity index (χ0n) is 11.0. The average Bonchev–Trinajstić information content (AvgIpc) is 2.79. The maximum absolute atomic E-state index is 11.7. The molecule has 0 bridgehead atoms. The van der Waals surface area contributed by atoms with E-state index in [0.29, 0.717) is 12.4 Å². The fourth-order valence-corrected chi connectivity index (χ4v) is 2.60. The first-order valence-electron chi connectivity index (χ1n) is 5.98. The van der Waals surface area contributed by atoms with E-state index in [-0.39, 0.29) is 6.54 Å². The van der Waals surface area contributed by atoms with Gasteiger partial charge in [-0.15, -0.1) is 0 Å². The maximum atomic E-state index is 11.7. The normalized spacial score (nSPS) is 11.7. The molecule has 2 rings (SSSR count). The van der Waals surface area contributed by atoms with Crippen molar-refractivity contribution in [3.63, 3.8) is 0 Å². The molecule has 0 unspecified atom stereocenters. The Hall–Kier alpha value is -1.94. The minimum atomic E-state index is -4.25. The molecule has 0 saturated heterocycles. The van der Waals surface area contributed by atoms with E-state index in [1.54, 1.807) is 4.68 Å². The summed E-state index contributed by atoms with van der Waals surface area (Å²) in [6.45, 7) is 2.53. The largest absolute Gasteiger partial charge is 0.328 e. The van der Waals surface area contributed by atoms with Crippen LogP contribution in [0.1, 0.15) is 19.2 Å². The number of rotatable bonds is 5. The molecule has 0 aliphatic carbocycles. The van der Waals surface area contributed by atoms with E-state index >= 15 is 0 Å². The molecule has 11 heteroatoms. The van der Waals surface area contributed by atoms with Crippen molar-refractivity contribution in [2.45, 2.75) is 31.3 Å². The van der Waals surface area contributed by atoms with Crippen molar-refractivity contribution in [1.29, 1.82) is 0 Å². The second kappa shape index (κ2) is 5.82. The fraction of sp³-hybridized carbons (Fsp3) is 0.400. The van der Waals surface area contributed by atoms with E-state index < -0.39 is 25.2 Å². The van der Waals surface area contributed by atoms with Gasteiger partial charge >= 0.3 is 5.69 Å². The Bertz CT molecular complexity index is 866. The molecule has 21 heavy (non-hydrogen) atoms. The molecule has 2 aromatic heterocycles. The van der Waals surface area contributed by atoms with E-state index in [1.165, 1.54) is 6.33 Å². The third-order valence-corrected chi connectivity index (χ3v) is 4.00. The Morgan fingerprint density at radius 1 is 1.38 bits per heavy atom. The second-order valence-electron chi connectivity index (χ2n) is 4.22. The van der Waals surface area contributed by atoms with Crippen molar-refractivity contribution >= 4 is 19.7 Å². The molecule has 1 N–H and O–H groups in total. The summed E-state index contributed by atoms with van der Waals surface area (Å²) in [6.07, 6.45) is 3.05. The molecule has 0 fully saturated rings. The molecule has 114 valence electrons.